The molecule has 10 nitrogen and oxygen atoms in total. The highest BCUT2D eigenvalue weighted by Gasteiger charge is 2.47. The number of aromatic nitrogens is 1. The van der Waals surface area contributed by atoms with Crippen LogP contribution < -0.4 is 15.4 Å². The second-order valence-corrected chi connectivity index (χ2v) is 9.66. The molecule has 0 saturated carbocycles. The van der Waals surface area contributed by atoms with Crippen molar-refractivity contribution in [3.8, 4) is 5.75 Å². The van der Waals surface area contributed by atoms with Gasteiger partial charge < -0.3 is 20.5 Å². The number of nitrogens with one attached hydrogen (secondary N) is 2. The lowest BCUT2D eigenvalue weighted by Crippen LogP contribution is -2.50. The highest BCUT2D eigenvalue weighted by molar-refractivity contribution is 7.14. The second kappa shape index (κ2) is 10.8. The van der Waals surface area contributed by atoms with Crippen LogP contribution >= 0.6 is 11.3 Å². The molecule has 37 heavy (non-hydrogen) atoms. The Balaban J connectivity index is 1.63. The zero-order valence-electron chi connectivity index (χ0n) is 20.4. The van der Waals surface area contributed by atoms with Crippen molar-refractivity contribution in [3.63, 3.8) is 0 Å². The van der Waals surface area contributed by atoms with Gasteiger partial charge in [0.25, 0.3) is 5.91 Å². The molecule has 0 radical (unpaired) electrons. The van der Waals surface area contributed by atoms with E-state index in [-0.39, 0.29) is 16.9 Å². The van der Waals surface area contributed by atoms with E-state index in [1.807, 2.05) is 19.9 Å². The molecule has 1 aliphatic rings. The van der Waals surface area contributed by atoms with E-state index in [2.05, 4.69) is 15.6 Å². The van der Waals surface area contributed by atoms with Gasteiger partial charge in [-0.05, 0) is 37.1 Å². The summed E-state index contributed by atoms with van der Waals surface area (Å²) in [6.45, 7) is 5.55. The summed E-state index contributed by atoms with van der Waals surface area (Å²) < 4.78 is 5.65. The van der Waals surface area contributed by atoms with Crippen molar-refractivity contribution in [1.29, 1.82) is 0 Å². The average Bonchev–Trinajstić information content (AvgIpc) is 3.45. The van der Waals surface area contributed by atoms with Crippen LogP contribution in [0.3, 0.4) is 0 Å². The first-order valence-electron chi connectivity index (χ1n) is 11.6. The number of anilines is 1. The van der Waals surface area contributed by atoms with Crippen LogP contribution in [-0.4, -0.2) is 51.0 Å². The first-order chi connectivity index (χ1) is 17.7. The number of ether oxygens (including phenoxy) is 1. The summed E-state index contributed by atoms with van der Waals surface area (Å²) in [5, 5.41) is 15.7. The maximum Gasteiger partial charge on any atom is 0.355 e. The highest BCUT2D eigenvalue weighted by atomic mass is 32.1. The minimum atomic E-state index is -1.23. The molecule has 2 heterocycles. The van der Waals surface area contributed by atoms with Crippen molar-refractivity contribution in [2.75, 3.05) is 5.32 Å². The predicted octanol–water partition coefficient (Wildman–Crippen LogP) is 4.03. The lowest BCUT2D eigenvalue weighted by Gasteiger charge is -2.29. The van der Waals surface area contributed by atoms with E-state index in [0.29, 0.717) is 11.3 Å². The van der Waals surface area contributed by atoms with Gasteiger partial charge in [0, 0.05) is 11.3 Å². The van der Waals surface area contributed by atoms with Gasteiger partial charge in [-0.2, -0.15) is 0 Å². The van der Waals surface area contributed by atoms with Gasteiger partial charge in [-0.1, -0.05) is 49.4 Å². The summed E-state index contributed by atoms with van der Waals surface area (Å²) >= 11 is 0.938. The van der Waals surface area contributed by atoms with Gasteiger partial charge in [0.2, 0.25) is 5.91 Å². The zero-order chi connectivity index (χ0) is 26.7. The van der Waals surface area contributed by atoms with E-state index < -0.39 is 41.8 Å². The molecule has 3 atom stereocenters. The van der Waals surface area contributed by atoms with E-state index in [4.69, 9.17) is 9.84 Å². The molecule has 0 unspecified atom stereocenters. The zero-order valence-corrected chi connectivity index (χ0v) is 21.2. The normalized spacial score (nSPS) is 16.9. The van der Waals surface area contributed by atoms with Crippen molar-refractivity contribution < 1.29 is 29.0 Å². The van der Waals surface area contributed by atoms with Crippen LogP contribution in [0.2, 0.25) is 0 Å². The standard InChI is InChI=1S/C26H26N4O6S/c1-14(2)36-18-11-9-17(10-12-18)20-23(32)30(26(35)28-20)21(15(3)16-7-5-4-6-8-16)22(31)29-25-27-19(13-37-25)24(33)34/h4-15,20-21H,1-3H3,(H,28,35)(H,33,34)(H,27,29,31)/t15-,20+,21-/m0/s1. The minimum absolute atomic E-state index is 0.0164. The Morgan fingerprint density at radius 3 is 2.35 bits per heavy atom. The fraction of sp³-hybridized carbons (Fsp3) is 0.269. The van der Waals surface area contributed by atoms with Gasteiger partial charge in [-0.25, -0.2) is 19.5 Å². The number of amides is 4. The molecule has 2 aromatic carbocycles. The largest absolute Gasteiger partial charge is 0.491 e. The smallest absolute Gasteiger partial charge is 0.355 e. The first-order valence-corrected chi connectivity index (χ1v) is 12.5. The molecule has 1 aromatic heterocycles. The van der Waals surface area contributed by atoms with Crippen LogP contribution in [0.1, 0.15) is 54.3 Å². The number of aromatic carboxylic acids is 1. The van der Waals surface area contributed by atoms with Gasteiger partial charge >= 0.3 is 12.0 Å². The summed E-state index contributed by atoms with van der Waals surface area (Å²) in [5.74, 6) is -2.40. The van der Waals surface area contributed by atoms with E-state index in [9.17, 15) is 19.2 Å². The fourth-order valence-corrected chi connectivity index (χ4v) is 4.80. The lowest BCUT2D eigenvalue weighted by molar-refractivity contribution is -0.134. The van der Waals surface area contributed by atoms with E-state index in [1.54, 1.807) is 55.5 Å². The van der Waals surface area contributed by atoms with Gasteiger partial charge in [0.05, 0.1) is 6.10 Å². The molecular weight excluding hydrogens is 496 g/mol. The Bertz CT molecular complexity index is 1310. The number of thiazole rings is 1. The third-order valence-electron chi connectivity index (χ3n) is 5.86. The first kappa shape index (κ1) is 25.8. The van der Waals surface area contributed by atoms with Gasteiger partial charge in [0.15, 0.2) is 10.8 Å². The van der Waals surface area contributed by atoms with Gasteiger partial charge in [-0.15, -0.1) is 11.3 Å². The van der Waals surface area contributed by atoms with Crippen LogP contribution in [0.25, 0.3) is 0 Å². The number of carbonyl (C=O) groups excluding carboxylic acids is 3. The number of urea groups is 1. The molecular formula is C26H26N4O6S. The van der Waals surface area contributed by atoms with Gasteiger partial charge in [-0.3, -0.25) is 9.59 Å². The van der Waals surface area contributed by atoms with Crippen molar-refractivity contribution >= 4 is 40.3 Å². The molecule has 1 fully saturated rings. The summed E-state index contributed by atoms with van der Waals surface area (Å²) in [7, 11) is 0. The van der Waals surface area contributed by atoms with Crippen molar-refractivity contribution in [3.05, 3.63) is 76.8 Å². The number of nitrogens with zero attached hydrogens (tertiary/aromatic N) is 2. The molecule has 4 rings (SSSR count). The third-order valence-corrected chi connectivity index (χ3v) is 6.61. The van der Waals surface area contributed by atoms with Crippen LogP contribution in [0.15, 0.2) is 60.0 Å². The van der Waals surface area contributed by atoms with Crippen LogP contribution in [-0.2, 0) is 9.59 Å². The molecule has 4 amide bonds. The SMILES string of the molecule is CC(C)Oc1ccc([C@H]2NC(=O)N([C@H](C(=O)Nc3nc(C(=O)O)cs3)[C@@H](C)c3ccccc3)C2=O)cc1. The van der Waals surface area contributed by atoms with Crippen molar-refractivity contribution in [1.82, 2.24) is 15.2 Å². The van der Waals surface area contributed by atoms with Gasteiger partial charge in [0.1, 0.15) is 17.8 Å². The summed E-state index contributed by atoms with van der Waals surface area (Å²) in [5.41, 5.74) is 1.08. The molecule has 192 valence electrons. The monoisotopic (exact) mass is 522 g/mol. The number of hydrogen-bond acceptors (Lipinski definition) is 7. The number of rotatable bonds is 9. The van der Waals surface area contributed by atoms with Crippen molar-refractivity contribution in [2.24, 2.45) is 0 Å². The molecule has 11 heteroatoms. The minimum Gasteiger partial charge on any atom is -0.491 e. The predicted molar refractivity (Wildman–Crippen MR) is 137 cm³/mol. The Morgan fingerprint density at radius 2 is 1.76 bits per heavy atom. The number of carboxylic acids is 1. The molecule has 0 bridgehead atoms. The number of carbonyl (C=O) groups is 4. The Morgan fingerprint density at radius 1 is 1.08 bits per heavy atom. The molecule has 0 aliphatic carbocycles. The summed E-state index contributed by atoms with van der Waals surface area (Å²) in [6.07, 6.45) is -0.0164. The average molecular weight is 523 g/mol. The number of carboxylic acid groups (broad SMARTS) is 1. The molecule has 0 spiro atoms. The molecule has 3 N–H and O–H groups in total. The Kier molecular flexibility index (Phi) is 7.53. The van der Waals surface area contributed by atoms with Crippen LogP contribution in [0, 0.1) is 0 Å². The van der Waals surface area contributed by atoms with E-state index in [1.165, 1.54) is 5.38 Å². The van der Waals surface area contributed by atoms with Crippen LogP contribution in [0.5, 0.6) is 5.75 Å². The maximum atomic E-state index is 13.5. The summed E-state index contributed by atoms with van der Waals surface area (Å²) in [4.78, 5) is 56.2. The number of imide groups is 1. The lowest BCUT2D eigenvalue weighted by atomic mass is 9.91. The van der Waals surface area contributed by atoms with Crippen LogP contribution in [0.4, 0.5) is 9.93 Å². The third kappa shape index (κ3) is 5.61. The van der Waals surface area contributed by atoms with E-state index in [0.717, 1.165) is 21.8 Å². The second-order valence-electron chi connectivity index (χ2n) is 8.80. The Hall–Kier alpha value is -4.25. The topological polar surface area (TPSA) is 138 Å². The molecule has 3 aromatic rings. The summed E-state index contributed by atoms with van der Waals surface area (Å²) in [6, 6.07) is 13.0. The van der Waals surface area contributed by atoms with E-state index >= 15 is 0 Å². The van der Waals surface area contributed by atoms with Crippen molar-refractivity contribution in [2.45, 2.75) is 44.9 Å². The molecule has 1 saturated heterocycles. The maximum absolute atomic E-state index is 13.5. The molecule has 1 aliphatic heterocycles. The number of hydrogen-bond donors (Lipinski definition) is 3. The fourth-order valence-electron chi connectivity index (χ4n) is 4.11. The quantitative estimate of drug-likeness (QED) is 0.361. The number of benzene rings is 2. The Labute approximate surface area is 217 Å². The highest BCUT2D eigenvalue weighted by Crippen LogP contribution is 2.32.